The van der Waals surface area contributed by atoms with Crippen LogP contribution in [0.2, 0.25) is 0 Å². The van der Waals surface area contributed by atoms with Crippen molar-refractivity contribution < 1.29 is 4.79 Å². The molecular formula is C12H17BrN2O. The van der Waals surface area contributed by atoms with Gasteiger partial charge in [-0.15, -0.1) is 0 Å². The summed E-state index contributed by atoms with van der Waals surface area (Å²) in [5, 5.41) is 0. The van der Waals surface area contributed by atoms with Crippen LogP contribution in [0.5, 0.6) is 0 Å². The SMILES string of the molecule is CN(CCCN)C(=O)Cc1ccc(Br)cc1. The first-order valence-corrected chi connectivity index (χ1v) is 6.11. The van der Waals surface area contributed by atoms with E-state index in [1.54, 1.807) is 4.90 Å². The van der Waals surface area contributed by atoms with Crippen LogP contribution in [-0.4, -0.2) is 30.9 Å². The first-order valence-electron chi connectivity index (χ1n) is 5.32. The lowest BCUT2D eigenvalue weighted by Gasteiger charge is -2.16. The van der Waals surface area contributed by atoms with Crippen LogP contribution in [0.25, 0.3) is 0 Å². The Bertz CT molecular complexity index is 337. The van der Waals surface area contributed by atoms with E-state index in [0.717, 1.165) is 23.0 Å². The van der Waals surface area contributed by atoms with Gasteiger partial charge in [-0.1, -0.05) is 28.1 Å². The van der Waals surface area contributed by atoms with E-state index >= 15 is 0 Å². The predicted octanol–water partition coefficient (Wildman–Crippen LogP) is 1.80. The van der Waals surface area contributed by atoms with E-state index in [9.17, 15) is 4.79 Å². The van der Waals surface area contributed by atoms with E-state index in [2.05, 4.69) is 15.9 Å². The highest BCUT2D eigenvalue weighted by Gasteiger charge is 2.08. The molecule has 16 heavy (non-hydrogen) atoms. The van der Waals surface area contributed by atoms with Crippen LogP contribution >= 0.6 is 15.9 Å². The topological polar surface area (TPSA) is 46.3 Å². The molecule has 88 valence electrons. The first-order chi connectivity index (χ1) is 7.63. The Morgan fingerprint density at radius 3 is 2.56 bits per heavy atom. The molecule has 0 radical (unpaired) electrons. The summed E-state index contributed by atoms with van der Waals surface area (Å²) in [5.74, 6) is 0.135. The van der Waals surface area contributed by atoms with E-state index in [4.69, 9.17) is 5.73 Å². The second-order valence-electron chi connectivity index (χ2n) is 3.76. The third-order valence-corrected chi connectivity index (χ3v) is 2.92. The van der Waals surface area contributed by atoms with Crippen molar-refractivity contribution in [2.24, 2.45) is 5.73 Å². The van der Waals surface area contributed by atoms with Crippen molar-refractivity contribution in [2.75, 3.05) is 20.1 Å². The summed E-state index contributed by atoms with van der Waals surface area (Å²) >= 11 is 3.37. The maximum absolute atomic E-state index is 11.8. The molecule has 3 nitrogen and oxygen atoms in total. The molecule has 0 fully saturated rings. The van der Waals surface area contributed by atoms with E-state index in [0.29, 0.717) is 13.0 Å². The van der Waals surface area contributed by atoms with Gasteiger partial charge in [0.1, 0.15) is 0 Å². The van der Waals surface area contributed by atoms with Crippen LogP contribution in [0.15, 0.2) is 28.7 Å². The van der Waals surface area contributed by atoms with Gasteiger partial charge in [0.15, 0.2) is 0 Å². The molecule has 0 spiro atoms. The molecule has 0 aliphatic rings. The third kappa shape index (κ3) is 4.33. The quantitative estimate of drug-likeness (QED) is 0.896. The molecule has 0 aliphatic heterocycles. The zero-order valence-electron chi connectivity index (χ0n) is 9.45. The van der Waals surface area contributed by atoms with Gasteiger partial charge in [0, 0.05) is 18.1 Å². The lowest BCUT2D eigenvalue weighted by atomic mass is 10.1. The Morgan fingerprint density at radius 2 is 2.00 bits per heavy atom. The first kappa shape index (κ1) is 13.2. The van der Waals surface area contributed by atoms with Gasteiger partial charge in [-0.25, -0.2) is 0 Å². The molecule has 1 rings (SSSR count). The van der Waals surface area contributed by atoms with Crippen molar-refractivity contribution in [1.82, 2.24) is 4.90 Å². The Labute approximate surface area is 105 Å². The minimum absolute atomic E-state index is 0.135. The van der Waals surface area contributed by atoms with Crippen LogP contribution in [0, 0.1) is 0 Å². The van der Waals surface area contributed by atoms with Crippen LogP contribution < -0.4 is 5.73 Å². The molecule has 0 aliphatic carbocycles. The normalized spacial score (nSPS) is 10.2. The Morgan fingerprint density at radius 1 is 1.38 bits per heavy atom. The highest BCUT2D eigenvalue weighted by molar-refractivity contribution is 9.10. The fourth-order valence-electron chi connectivity index (χ4n) is 1.36. The Balaban J connectivity index is 2.47. The fraction of sp³-hybridized carbons (Fsp3) is 0.417. The number of nitrogens with two attached hydrogens (primary N) is 1. The second-order valence-corrected chi connectivity index (χ2v) is 4.68. The molecule has 0 heterocycles. The lowest BCUT2D eigenvalue weighted by Crippen LogP contribution is -2.30. The van der Waals surface area contributed by atoms with Gasteiger partial charge in [0.25, 0.3) is 0 Å². The van der Waals surface area contributed by atoms with Crippen molar-refractivity contribution in [3.05, 3.63) is 34.3 Å². The number of halogens is 1. The molecule has 1 amide bonds. The molecule has 0 saturated heterocycles. The van der Waals surface area contributed by atoms with Crippen LogP contribution in [-0.2, 0) is 11.2 Å². The molecule has 1 aromatic rings. The van der Waals surface area contributed by atoms with Crippen molar-refractivity contribution >= 4 is 21.8 Å². The highest BCUT2D eigenvalue weighted by atomic mass is 79.9. The largest absolute Gasteiger partial charge is 0.345 e. The number of hydrogen-bond acceptors (Lipinski definition) is 2. The van der Waals surface area contributed by atoms with E-state index in [1.165, 1.54) is 0 Å². The molecular weight excluding hydrogens is 268 g/mol. The van der Waals surface area contributed by atoms with Crippen molar-refractivity contribution in [3.8, 4) is 0 Å². The summed E-state index contributed by atoms with van der Waals surface area (Å²) < 4.78 is 1.03. The number of benzene rings is 1. The van der Waals surface area contributed by atoms with Gasteiger partial charge < -0.3 is 10.6 Å². The standard InChI is InChI=1S/C12H17BrN2O/c1-15(8-2-7-14)12(16)9-10-3-5-11(13)6-4-10/h3-6H,2,7-9,14H2,1H3. The molecule has 0 unspecified atom stereocenters. The third-order valence-electron chi connectivity index (χ3n) is 2.39. The van der Waals surface area contributed by atoms with Gasteiger partial charge >= 0.3 is 0 Å². The van der Waals surface area contributed by atoms with Gasteiger partial charge in [-0.2, -0.15) is 0 Å². The van der Waals surface area contributed by atoms with E-state index in [1.807, 2.05) is 31.3 Å². The number of hydrogen-bond donors (Lipinski definition) is 1. The number of carbonyl (C=O) groups excluding carboxylic acids is 1. The molecule has 1 aromatic carbocycles. The van der Waals surface area contributed by atoms with Crippen molar-refractivity contribution in [1.29, 1.82) is 0 Å². The Hall–Kier alpha value is -0.870. The molecule has 0 atom stereocenters. The lowest BCUT2D eigenvalue weighted by molar-refractivity contribution is -0.129. The average Bonchev–Trinajstić information content (AvgIpc) is 2.29. The number of carbonyl (C=O) groups is 1. The van der Waals surface area contributed by atoms with Crippen molar-refractivity contribution in [2.45, 2.75) is 12.8 Å². The molecule has 0 bridgehead atoms. The van der Waals surface area contributed by atoms with Gasteiger partial charge in [-0.3, -0.25) is 4.79 Å². The van der Waals surface area contributed by atoms with Crippen LogP contribution in [0.1, 0.15) is 12.0 Å². The zero-order valence-corrected chi connectivity index (χ0v) is 11.0. The summed E-state index contributed by atoms with van der Waals surface area (Å²) in [5.41, 5.74) is 6.44. The maximum Gasteiger partial charge on any atom is 0.226 e. The zero-order chi connectivity index (χ0) is 12.0. The minimum Gasteiger partial charge on any atom is -0.345 e. The molecule has 4 heteroatoms. The predicted molar refractivity (Wildman–Crippen MR) is 69.2 cm³/mol. The summed E-state index contributed by atoms with van der Waals surface area (Å²) in [7, 11) is 1.82. The van der Waals surface area contributed by atoms with Gasteiger partial charge in [-0.05, 0) is 30.7 Å². The van der Waals surface area contributed by atoms with Crippen molar-refractivity contribution in [3.63, 3.8) is 0 Å². The second kappa shape index (κ2) is 6.66. The number of nitrogens with zero attached hydrogens (tertiary/aromatic N) is 1. The maximum atomic E-state index is 11.8. The van der Waals surface area contributed by atoms with E-state index < -0.39 is 0 Å². The smallest absolute Gasteiger partial charge is 0.226 e. The molecule has 0 aromatic heterocycles. The van der Waals surface area contributed by atoms with E-state index in [-0.39, 0.29) is 5.91 Å². The number of likely N-dealkylation sites (N-methyl/N-ethyl adjacent to an activating group) is 1. The van der Waals surface area contributed by atoms with Crippen LogP contribution in [0.4, 0.5) is 0 Å². The highest BCUT2D eigenvalue weighted by Crippen LogP contribution is 2.11. The number of rotatable bonds is 5. The monoisotopic (exact) mass is 284 g/mol. The van der Waals surface area contributed by atoms with Gasteiger partial charge in [0.05, 0.1) is 6.42 Å². The summed E-state index contributed by atoms with van der Waals surface area (Å²) in [6.07, 6.45) is 1.30. The molecule has 0 saturated carbocycles. The Kier molecular flexibility index (Phi) is 5.49. The summed E-state index contributed by atoms with van der Waals surface area (Å²) in [6, 6.07) is 7.81. The summed E-state index contributed by atoms with van der Waals surface area (Å²) in [6.45, 7) is 1.35. The average molecular weight is 285 g/mol. The fourth-order valence-corrected chi connectivity index (χ4v) is 1.63. The van der Waals surface area contributed by atoms with Gasteiger partial charge in [0.2, 0.25) is 5.91 Å². The van der Waals surface area contributed by atoms with Crippen LogP contribution in [0.3, 0.4) is 0 Å². The minimum atomic E-state index is 0.135. The summed E-state index contributed by atoms with van der Waals surface area (Å²) in [4.78, 5) is 13.5. The molecule has 2 N–H and O–H groups in total. The number of amides is 1.